The Labute approximate surface area is 164 Å². The highest BCUT2D eigenvalue weighted by atomic mass is 79.9. The molecule has 142 valence electrons. The largest absolute Gasteiger partial charge is 0.444 e. The van der Waals surface area contributed by atoms with E-state index in [1.54, 1.807) is 4.90 Å². The first-order chi connectivity index (χ1) is 12.1. The number of benzene rings is 1. The monoisotopic (exact) mass is 447 g/mol. The molecule has 3 rings (SSSR count). The van der Waals surface area contributed by atoms with Crippen LogP contribution in [0.4, 0.5) is 15.2 Å². The Morgan fingerprint density at radius 3 is 2.77 bits per heavy atom. The van der Waals surface area contributed by atoms with E-state index in [-0.39, 0.29) is 22.7 Å². The van der Waals surface area contributed by atoms with Crippen molar-refractivity contribution in [2.75, 3.05) is 24.5 Å². The topological polar surface area (TPSA) is 58.8 Å². The standard InChI is InChI=1S/C17H20BrClFN3O3/c1-9-8-22(16(24)26-17(2,3)4)5-6-23(9)15-21-13-12(20)11(19)7-10(18)14(13)25-15/h7,9H,5-6,8H2,1-4H3. The molecule has 1 fully saturated rings. The molecule has 0 aliphatic carbocycles. The zero-order chi connectivity index (χ0) is 19.2. The van der Waals surface area contributed by atoms with Gasteiger partial charge in [0.15, 0.2) is 11.4 Å². The predicted octanol–water partition coefficient (Wildman–Crippen LogP) is 4.83. The van der Waals surface area contributed by atoms with E-state index in [0.29, 0.717) is 35.7 Å². The first kappa shape index (κ1) is 19.2. The molecule has 6 nitrogen and oxygen atoms in total. The summed E-state index contributed by atoms with van der Waals surface area (Å²) in [5.41, 5.74) is -0.148. The van der Waals surface area contributed by atoms with Crippen molar-refractivity contribution in [1.29, 1.82) is 0 Å². The van der Waals surface area contributed by atoms with Crippen LogP contribution in [0, 0.1) is 5.82 Å². The summed E-state index contributed by atoms with van der Waals surface area (Å²) in [5, 5.41) is -0.0213. The van der Waals surface area contributed by atoms with Crippen LogP contribution in [0.25, 0.3) is 11.1 Å². The highest BCUT2D eigenvalue weighted by Gasteiger charge is 2.32. The van der Waals surface area contributed by atoms with Crippen molar-refractivity contribution >= 4 is 50.7 Å². The molecule has 0 N–H and O–H groups in total. The van der Waals surface area contributed by atoms with E-state index in [4.69, 9.17) is 20.8 Å². The number of carbonyl (C=O) groups excluding carboxylic acids is 1. The quantitative estimate of drug-likeness (QED) is 0.585. The van der Waals surface area contributed by atoms with Gasteiger partial charge in [-0.25, -0.2) is 9.18 Å². The molecule has 1 saturated heterocycles. The number of ether oxygens (including phenoxy) is 1. The molecule has 1 atom stereocenters. The molecule has 26 heavy (non-hydrogen) atoms. The minimum atomic E-state index is -0.611. The first-order valence-electron chi connectivity index (χ1n) is 8.25. The fourth-order valence-electron chi connectivity index (χ4n) is 2.83. The Morgan fingerprint density at radius 1 is 1.46 bits per heavy atom. The lowest BCUT2D eigenvalue weighted by Gasteiger charge is -2.39. The minimum Gasteiger partial charge on any atom is -0.444 e. The van der Waals surface area contributed by atoms with Gasteiger partial charge in [-0.3, -0.25) is 0 Å². The second-order valence-corrected chi connectivity index (χ2v) is 8.56. The number of aromatic nitrogens is 1. The third-order valence-corrected chi connectivity index (χ3v) is 4.89. The van der Waals surface area contributed by atoms with Crippen LogP contribution in [0.3, 0.4) is 0 Å². The Morgan fingerprint density at radius 2 is 2.15 bits per heavy atom. The van der Waals surface area contributed by atoms with Crippen molar-refractivity contribution in [3.05, 3.63) is 21.4 Å². The van der Waals surface area contributed by atoms with Crippen molar-refractivity contribution in [2.45, 2.75) is 39.3 Å². The maximum atomic E-state index is 14.2. The zero-order valence-corrected chi connectivity index (χ0v) is 17.3. The van der Waals surface area contributed by atoms with E-state index >= 15 is 0 Å². The smallest absolute Gasteiger partial charge is 0.410 e. The van der Waals surface area contributed by atoms with Gasteiger partial charge in [-0.15, -0.1) is 0 Å². The van der Waals surface area contributed by atoms with E-state index in [2.05, 4.69) is 20.9 Å². The van der Waals surface area contributed by atoms with E-state index in [9.17, 15) is 9.18 Å². The van der Waals surface area contributed by atoms with Crippen LogP contribution in [0.2, 0.25) is 5.02 Å². The van der Waals surface area contributed by atoms with Gasteiger partial charge < -0.3 is 19.0 Å². The van der Waals surface area contributed by atoms with Gasteiger partial charge in [-0.05, 0) is 49.7 Å². The average Bonchev–Trinajstić information content (AvgIpc) is 2.96. The van der Waals surface area contributed by atoms with Gasteiger partial charge in [0.25, 0.3) is 6.01 Å². The Balaban J connectivity index is 1.80. The Kier molecular flexibility index (Phi) is 5.09. The summed E-state index contributed by atoms with van der Waals surface area (Å²) < 4.78 is 25.9. The third kappa shape index (κ3) is 3.76. The molecule has 1 unspecified atom stereocenters. The molecular formula is C17H20BrClFN3O3. The summed E-state index contributed by atoms with van der Waals surface area (Å²) in [4.78, 5) is 20.1. The van der Waals surface area contributed by atoms with Gasteiger partial charge >= 0.3 is 6.09 Å². The number of nitrogens with zero attached hydrogens (tertiary/aromatic N) is 3. The lowest BCUT2D eigenvalue weighted by atomic mass is 10.2. The van der Waals surface area contributed by atoms with Gasteiger partial charge in [-0.2, -0.15) is 4.98 Å². The minimum absolute atomic E-state index is 0.0213. The van der Waals surface area contributed by atoms with E-state index in [0.717, 1.165) is 0 Å². The Hall–Kier alpha value is -1.54. The molecule has 9 heteroatoms. The fraction of sp³-hybridized carbons (Fsp3) is 0.529. The molecule has 2 heterocycles. The number of oxazole rings is 1. The second-order valence-electron chi connectivity index (χ2n) is 7.30. The number of anilines is 1. The van der Waals surface area contributed by atoms with Crippen molar-refractivity contribution < 1.29 is 18.3 Å². The van der Waals surface area contributed by atoms with E-state index in [1.165, 1.54) is 6.07 Å². The van der Waals surface area contributed by atoms with Crippen LogP contribution in [-0.4, -0.2) is 47.3 Å². The van der Waals surface area contributed by atoms with E-state index in [1.807, 2.05) is 32.6 Å². The van der Waals surface area contributed by atoms with E-state index < -0.39 is 11.4 Å². The molecule has 1 amide bonds. The van der Waals surface area contributed by atoms with Gasteiger partial charge in [0, 0.05) is 25.7 Å². The van der Waals surface area contributed by atoms with Gasteiger partial charge in [0.05, 0.1) is 9.50 Å². The maximum absolute atomic E-state index is 14.2. The highest BCUT2D eigenvalue weighted by Crippen LogP contribution is 2.35. The molecule has 1 aromatic heterocycles. The van der Waals surface area contributed by atoms with Crippen LogP contribution in [0.1, 0.15) is 27.7 Å². The molecule has 1 aliphatic heterocycles. The SMILES string of the molecule is CC1CN(C(=O)OC(C)(C)C)CCN1c1nc2c(F)c(Cl)cc(Br)c2o1. The third-order valence-electron chi connectivity index (χ3n) is 4.03. The number of amides is 1. The lowest BCUT2D eigenvalue weighted by molar-refractivity contribution is 0.0216. The van der Waals surface area contributed by atoms with Gasteiger partial charge in [0.2, 0.25) is 0 Å². The molecule has 1 aromatic carbocycles. The number of carbonyl (C=O) groups is 1. The summed E-state index contributed by atoms with van der Waals surface area (Å²) in [6.07, 6.45) is -0.345. The summed E-state index contributed by atoms with van der Waals surface area (Å²) >= 11 is 9.18. The number of hydrogen-bond acceptors (Lipinski definition) is 5. The molecule has 0 bridgehead atoms. The molecular weight excluding hydrogens is 429 g/mol. The number of rotatable bonds is 1. The second kappa shape index (κ2) is 6.88. The molecule has 0 saturated carbocycles. The predicted molar refractivity (Wildman–Crippen MR) is 101 cm³/mol. The molecule has 0 spiro atoms. The van der Waals surface area contributed by atoms with Crippen LogP contribution < -0.4 is 4.90 Å². The lowest BCUT2D eigenvalue weighted by Crippen LogP contribution is -2.54. The van der Waals surface area contributed by atoms with Crippen molar-refractivity contribution in [3.8, 4) is 0 Å². The Bertz CT molecular complexity index is 852. The van der Waals surface area contributed by atoms with Crippen LogP contribution in [0.5, 0.6) is 0 Å². The summed E-state index contributed by atoms with van der Waals surface area (Å²) in [5.74, 6) is -0.611. The van der Waals surface area contributed by atoms with Crippen molar-refractivity contribution in [1.82, 2.24) is 9.88 Å². The molecule has 2 aromatic rings. The fourth-order valence-corrected chi connectivity index (χ4v) is 3.66. The summed E-state index contributed by atoms with van der Waals surface area (Å²) in [6, 6.07) is 1.68. The normalized spacial score (nSPS) is 18.5. The number of hydrogen-bond donors (Lipinski definition) is 0. The average molecular weight is 449 g/mol. The zero-order valence-electron chi connectivity index (χ0n) is 15.0. The summed E-state index contributed by atoms with van der Waals surface area (Å²) in [6.45, 7) is 8.87. The molecule has 1 aliphatic rings. The first-order valence-corrected chi connectivity index (χ1v) is 9.42. The van der Waals surface area contributed by atoms with Crippen LogP contribution >= 0.6 is 27.5 Å². The molecule has 0 radical (unpaired) electrons. The van der Waals surface area contributed by atoms with Crippen molar-refractivity contribution in [3.63, 3.8) is 0 Å². The number of halogens is 3. The number of fused-ring (bicyclic) bond motifs is 1. The van der Waals surface area contributed by atoms with Crippen LogP contribution in [-0.2, 0) is 4.74 Å². The van der Waals surface area contributed by atoms with Gasteiger partial charge in [-0.1, -0.05) is 11.6 Å². The van der Waals surface area contributed by atoms with Crippen molar-refractivity contribution in [2.24, 2.45) is 0 Å². The highest BCUT2D eigenvalue weighted by molar-refractivity contribution is 9.10. The van der Waals surface area contributed by atoms with Crippen LogP contribution in [0.15, 0.2) is 15.0 Å². The summed E-state index contributed by atoms with van der Waals surface area (Å²) in [7, 11) is 0. The number of piperazine rings is 1. The maximum Gasteiger partial charge on any atom is 0.410 e. The van der Waals surface area contributed by atoms with Gasteiger partial charge in [0.1, 0.15) is 11.1 Å².